The number of amides is 1. The monoisotopic (exact) mass is 266 g/mol. The van der Waals surface area contributed by atoms with Crippen LogP contribution in [0, 0.1) is 0 Å². The number of benzene rings is 1. The van der Waals surface area contributed by atoms with Gasteiger partial charge >= 0.3 is 6.09 Å². The fraction of sp³-hybridized carbons (Fsp3) is 0.500. The standard InChI is InChI=1S/C14H22N2O3/c1-5-18-12-8-6-7-11(9-12)10-15-16-13(17)19-14(2,3)4/h6-9,15H,5,10H2,1-4H3,(H,16,17). The number of hydrazine groups is 1. The van der Waals surface area contributed by atoms with Gasteiger partial charge in [-0.05, 0) is 45.4 Å². The number of ether oxygens (including phenoxy) is 2. The van der Waals surface area contributed by atoms with Crippen molar-refractivity contribution in [2.24, 2.45) is 0 Å². The quantitative estimate of drug-likeness (QED) is 0.804. The molecular weight excluding hydrogens is 244 g/mol. The molecule has 0 unspecified atom stereocenters. The van der Waals surface area contributed by atoms with E-state index in [4.69, 9.17) is 9.47 Å². The van der Waals surface area contributed by atoms with Crippen molar-refractivity contribution in [1.82, 2.24) is 10.9 Å². The highest BCUT2D eigenvalue weighted by Crippen LogP contribution is 2.12. The second-order valence-electron chi connectivity index (χ2n) is 5.06. The Morgan fingerprint density at radius 3 is 2.68 bits per heavy atom. The van der Waals surface area contributed by atoms with Gasteiger partial charge in [0, 0.05) is 6.54 Å². The summed E-state index contributed by atoms with van der Waals surface area (Å²) >= 11 is 0. The summed E-state index contributed by atoms with van der Waals surface area (Å²) in [5, 5.41) is 0. The molecule has 5 nitrogen and oxygen atoms in total. The molecule has 1 aromatic carbocycles. The smallest absolute Gasteiger partial charge is 0.422 e. The third kappa shape index (κ3) is 6.67. The molecule has 0 saturated heterocycles. The van der Waals surface area contributed by atoms with Gasteiger partial charge in [-0.1, -0.05) is 12.1 Å². The van der Waals surface area contributed by atoms with Gasteiger partial charge in [-0.15, -0.1) is 0 Å². The maximum Gasteiger partial charge on any atom is 0.422 e. The minimum atomic E-state index is -0.499. The van der Waals surface area contributed by atoms with Crippen LogP contribution in [-0.4, -0.2) is 18.3 Å². The summed E-state index contributed by atoms with van der Waals surface area (Å²) < 4.78 is 10.5. The first-order chi connectivity index (χ1) is 8.90. The van der Waals surface area contributed by atoms with Crippen molar-refractivity contribution in [2.75, 3.05) is 6.61 Å². The summed E-state index contributed by atoms with van der Waals surface area (Å²) in [4.78, 5) is 11.4. The Hall–Kier alpha value is -1.75. The normalized spacial score (nSPS) is 10.9. The molecule has 0 atom stereocenters. The predicted molar refractivity (Wildman–Crippen MR) is 73.8 cm³/mol. The average Bonchev–Trinajstić information content (AvgIpc) is 2.27. The summed E-state index contributed by atoms with van der Waals surface area (Å²) in [6.45, 7) is 8.52. The minimum Gasteiger partial charge on any atom is -0.494 e. The molecule has 19 heavy (non-hydrogen) atoms. The van der Waals surface area contributed by atoms with E-state index in [1.54, 1.807) is 0 Å². The van der Waals surface area contributed by atoms with E-state index in [1.165, 1.54) is 0 Å². The lowest BCUT2D eigenvalue weighted by Crippen LogP contribution is -2.40. The van der Waals surface area contributed by atoms with Crippen LogP contribution >= 0.6 is 0 Å². The Bertz CT molecular complexity index is 413. The molecule has 0 heterocycles. The second-order valence-corrected chi connectivity index (χ2v) is 5.06. The van der Waals surface area contributed by atoms with E-state index in [2.05, 4.69) is 10.9 Å². The molecule has 0 aliphatic carbocycles. The highest BCUT2D eigenvalue weighted by atomic mass is 16.6. The van der Waals surface area contributed by atoms with Crippen molar-refractivity contribution in [1.29, 1.82) is 0 Å². The van der Waals surface area contributed by atoms with Crippen molar-refractivity contribution in [3.63, 3.8) is 0 Å². The van der Waals surface area contributed by atoms with Gasteiger partial charge in [0.25, 0.3) is 0 Å². The molecule has 0 bridgehead atoms. The maximum absolute atomic E-state index is 11.4. The first-order valence-corrected chi connectivity index (χ1v) is 6.34. The van der Waals surface area contributed by atoms with Crippen molar-refractivity contribution >= 4 is 6.09 Å². The zero-order valence-electron chi connectivity index (χ0n) is 11.9. The Morgan fingerprint density at radius 1 is 1.32 bits per heavy atom. The molecular formula is C14H22N2O3. The molecule has 0 aliphatic heterocycles. The number of rotatable bonds is 5. The molecule has 0 spiro atoms. The zero-order chi connectivity index (χ0) is 14.3. The molecule has 0 fully saturated rings. The van der Waals surface area contributed by atoms with Crippen LogP contribution in [0.15, 0.2) is 24.3 Å². The van der Waals surface area contributed by atoms with E-state index in [0.29, 0.717) is 13.2 Å². The molecule has 0 radical (unpaired) electrons. The van der Waals surface area contributed by atoms with Gasteiger partial charge in [-0.3, -0.25) is 5.43 Å². The summed E-state index contributed by atoms with van der Waals surface area (Å²) in [6, 6.07) is 7.68. The van der Waals surface area contributed by atoms with Crippen molar-refractivity contribution < 1.29 is 14.3 Å². The summed E-state index contributed by atoms with van der Waals surface area (Å²) in [5.41, 5.74) is 5.82. The highest BCUT2D eigenvalue weighted by Gasteiger charge is 2.15. The number of hydrogen-bond acceptors (Lipinski definition) is 4. The molecule has 1 amide bonds. The third-order valence-electron chi connectivity index (χ3n) is 2.09. The van der Waals surface area contributed by atoms with E-state index < -0.39 is 11.7 Å². The average molecular weight is 266 g/mol. The molecule has 0 saturated carbocycles. The van der Waals surface area contributed by atoms with Crippen molar-refractivity contribution in [3.05, 3.63) is 29.8 Å². The first kappa shape index (κ1) is 15.3. The van der Waals surface area contributed by atoms with Gasteiger partial charge < -0.3 is 9.47 Å². The fourth-order valence-corrected chi connectivity index (χ4v) is 1.43. The molecule has 1 rings (SSSR count). The molecule has 106 valence electrons. The Kier molecular flexibility index (Phi) is 5.63. The molecule has 1 aromatic rings. The summed E-state index contributed by atoms with van der Waals surface area (Å²) in [6.07, 6.45) is -0.492. The topological polar surface area (TPSA) is 59.6 Å². The largest absolute Gasteiger partial charge is 0.494 e. The highest BCUT2D eigenvalue weighted by molar-refractivity contribution is 5.66. The first-order valence-electron chi connectivity index (χ1n) is 6.34. The van der Waals surface area contributed by atoms with Crippen LogP contribution in [0.1, 0.15) is 33.3 Å². The van der Waals surface area contributed by atoms with Crippen LogP contribution in [0.3, 0.4) is 0 Å². The van der Waals surface area contributed by atoms with Gasteiger partial charge in [-0.2, -0.15) is 0 Å². The van der Waals surface area contributed by atoms with Crippen LogP contribution in [0.4, 0.5) is 4.79 Å². The van der Waals surface area contributed by atoms with E-state index >= 15 is 0 Å². The lowest BCUT2D eigenvalue weighted by molar-refractivity contribution is 0.0497. The Morgan fingerprint density at radius 2 is 2.05 bits per heavy atom. The van der Waals surface area contributed by atoms with Crippen LogP contribution in [-0.2, 0) is 11.3 Å². The van der Waals surface area contributed by atoms with E-state index in [9.17, 15) is 4.79 Å². The molecule has 5 heteroatoms. The molecule has 0 aliphatic rings. The fourth-order valence-electron chi connectivity index (χ4n) is 1.43. The van der Waals surface area contributed by atoms with Gasteiger partial charge in [0.2, 0.25) is 0 Å². The predicted octanol–water partition coefficient (Wildman–Crippen LogP) is 2.61. The van der Waals surface area contributed by atoms with E-state index in [1.807, 2.05) is 52.0 Å². The lowest BCUT2D eigenvalue weighted by Gasteiger charge is -2.19. The summed E-state index contributed by atoms with van der Waals surface area (Å²) in [7, 11) is 0. The van der Waals surface area contributed by atoms with Crippen molar-refractivity contribution in [2.45, 2.75) is 39.8 Å². The lowest BCUT2D eigenvalue weighted by atomic mass is 10.2. The van der Waals surface area contributed by atoms with Gasteiger partial charge in [0.1, 0.15) is 11.4 Å². The molecule has 0 aromatic heterocycles. The summed E-state index contributed by atoms with van der Waals surface area (Å²) in [5.74, 6) is 0.819. The van der Waals surface area contributed by atoms with E-state index in [-0.39, 0.29) is 0 Å². The van der Waals surface area contributed by atoms with Crippen LogP contribution in [0.5, 0.6) is 5.75 Å². The SMILES string of the molecule is CCOc1cccc(CNNC(=O)OC(C)(C)C)c1. The minimum absolute atomic E-state index is 0.492. The maximum atomic E-state index is 11.4. The van der Waals surface area contributed by atoms with Crippen LogP contribution < -0.4 is 15.6 Å². The number of nitrogens with one attached hydrogen (secondary N) is 2. The Labute approximate surface area is 114 Å². The van der Waals surface area contributed by atoms with Gasteiger partial charge in [-0.25, -0.2) is 10.2 Å². The van der Waals surface area contributed by atoms with Gasteiger partial charge in [0.05, 0.1) is 6.61 Å². The van der Waals surface area contributed by atoms with Gasteiger partial charge in [0.15, 0.2) is 0 Å². The number of carbonyl (C=O) groups excluding carboxylic acids is 1. The molecule has 2 N–H and O–H groups in total. The van der Waals surface area contributed by atoms with Crippen LogP contribution in [0.2, 0.25) is 0 Å². The van der Waals surface area contributed by atoms with Crippen LogP contribution in [0.25, 0.3) is 0 Å². The third-order valence-corrected chi connectivity index (χ3v) is 2.09. The number of carbonyl (C=O) groups is 1. The van der Waals surface area contributed by atoms with Crippen molar-refractivity contribution in [3.8, 4) is 5.75 Å². The second kappa shape index (κ2) is 6.99. The Balaban J connectivity index is 2.36. The zero-order valence-corrected chi connectivity index (χ0v) is 11.9. The number of hydrogen-bond donors (Lipinski definition) is 2. The van der Waals surface area contributed by atoms with E-state index in [0.717, 1.165) is 11.3 Å².